The highest BCUT2D eigenvalue weighted by Crippen LogP contribution is 2.26. The number of ketones is 1. The fourth-order valence-corrected chi connectivity index (χ4v) is 2.58. The third-order valence-corrected chi connectivity index (χ3v) is 3.77. The Bertz CT molecular complexity index is 423. The summed E-state index contributed by atoms with van der Waals surface area (Å²) in [7, 11) is 0. The number of carbonyl (C=O) groups is 1. The van der Waals surface area contributed by atoms with Crippen molar-refractivity contribution in [2.45, 2.75) is 58.3 Å². The van der Waals surface area contributed by atoms with Crippen molar-refractivity contribution in [2.24, 2.45) is 0 Å². The van der Waals surface area contributed by atoms with Gasteiger partial charge in [0.1, 0.15) is 5.75 Å². The normalized spacial score (nSPS) is 13.6. The summed E-state index contributed by atoms with van der Waals surface area (Å²) < 4.78 is 5.73. The second-order valence-electron chi connectivity index (χ2n) is 5.36. The van der Waals surface area contributed by atoms with Crippen LogP contribution in [-0.2, 0) is 6.42 Å². The maximum Gasteiger partial charge on any atom is 0.163 e. The number of Topliss-reactive ketones (excluding diaryl/α,β-unsaturated/α-hetero) is 1. The molecule has 0 bridgehead atoms. The lowest BCUT2D eigenvalue weighted by Crippen LogP contribution is -1.99. The molecule has 104 valence electrons. The van der Waals surface area contributed by atoms with Crippen LogP contribution in [0.5, 0.6) is 5.75 Å². The van der Waals surface area contributed by atoms with Gasteiger partial charge in [0.15, 0.2) is 5.78 Å². The van der Waals surface area contributed by atoms with Crippen LogP contribution < -0.4 is 4.74 Å². The number of hydrogen-bond donors (Lipinski definition) is 0. The van der Waals surface area contributed by atoms with Gasteiger partial charge in [-0.05, 0) is 30.5 Å². The second kappa shape index (κ2) is 7.32. The lowest BCUT2D eigenvalue weighted by Gasteiger charge is -2.07. The van der Waals surface area contributed by atoms with Crippen molar-refractivity contribution >= 4 is 5.78 Å². The minimum absolute atomic E-state index is 0.264. The highest BCUT2D eigenvalue weighted by Gasteiger charge is 2.19. The third-order valence-electron chi connectivity index (χ3n) is 3.77. The number of unbranched alkanes of at least 4 members (excludes halogenated alkanes) is 5. The van der Waals surface area contributed by atoms with Gasteiger partial charge in [0, 0.05) is 12.0 Å². The minimum atomic E-state index is 0.264. The topological polar surface area (TPSA) is 26.3 Å². The van der Waals surface area contributed by atoms with Crippen LogP contribution in [-0.4, -0.2) is 12.4 Å². The molecular formula is C17H24O2. The Labute approximate surface area is 116 Å². The van der Waals surface area contributed by atoms with Gasteiger partial charge in [-0.2, -0.15) is 0 Å². The first kappa shape index (κ1) is 14.1. The molecule has 0 N–H and O–H groups in total. The van der Waals surface area contributed by atoms with E-state index in [0.717, 1.165) is 30.8 Å². The van der Waals surface area contributed by atoms with Crippen molar-refractivity contribution in [3.8, 4) is 5.75 Å². The summed E-state index contributed by atoms with van der Waals surface area (Å²) in [5, 5.41) is 0. The predicted octanol–water partition coefficient (Wildman–Crippen LogP) is 4.55. The monoisotopic (exact) mass is 260 g/mol. The maximum atomic E-state index is 11.6. The molecule has 0 saturated carbocycles. The summed E-state index contributed by atoms with van der Waals surface area (Å²) in [6, 6.07) is 5.95. The summed E-state index contributed by atoms with van der Waals surface area (Å²) in [4.78, 5) is 11.6. The van der Waals surface area contributed by atoms with Gasteiger partial charge in [-0.15, -0.1) is 0 Å². The first-order valence-corrected chi connectivity index (χ1v) is 7.60. The number of carbonyl (C=O) groups excluding carboxylic acids is 1. The summed E-state index contributed by atoms with van der Waals surface area (Å²) in [6.45, 7) is 3.00. The van der Waals surface area contributed by atoms with E-state index in [1.807, 2.05) is 18.2 Å². The molecule has 0 saturated heterocycles. The minimum Gasteiger partial charge on any atom is -0.494 e. The molecule has 19 heavy (non-hydrogen) atoms. The van der Waals surface area contributed by atoms with Crippen molar-refractivity contribution in [3.63, 3.8) is 0 Å². The van der Waals surface area contributed by atoms with Crippen LogP contribution in [0, 0.1) is 0 Å². The molecule has 1 aromatic carbocycles. The fraction of sp³-hybridized carbons (Fsp3) is 0.588. The summed E-state index contributed by atoms with van der Waals surface area (Å²) in [5.74, 6) is 1.11. The SMILES string of the molecule is CCCCCCCCOc1ccc2c(c1)C(=O)CC2. The van der Waals surface area contributed by atoms with Gasteiger partial charge in [0.25, 0.3) is 0 Å². The van der Waals surface area contributed by atoms with Crippen LogP contribution in [0.2, 0.25) is 0 Å². The predicted molar refractivity (Wildman–Crippen MR) is 78.0 cm³/mol. The highest BCUT2D eigenvalue weighted by molar-refractivity contribution is 6.00. The van der Waals surface area contributed by atoms with Gasteiger partial charge in [0.2, 0.25) is 0 Å². The lowest BCUT2D eigenvalue weighted by molar-refractivity contribution is 0.0994. The largest absolute Gasteiger partial charge is 0.494 e. The first-order chi connectivity index (χ1) is 9.31. The molecular weight excluding hydrogens is 236 g/mol. The van der Waals surface area contributed by atoms with Gasteiger partial charge in [-0.3, -0.25) is 4.79 Å². The second-order valence-corrected chi connectivity index (χ2v) is 5.36. The van der Waals surface area contributed by atoms with E-state index in [2.05, 4.69) is 6.92 Å². The Kier molecular flexibility index (Phi) is 5.44. The smallest absolute Gasteiger partial charge is 0.163 e. The summed E-state index contributed by atoms with van der Waals surface area (Å²) in [5.41, 5.74) is 2.05. The number of fused-ring (bicyclic) bond motifs is 1. The van der Waals surface area contributed by atoms with Gasteiger partial charge < -0.3 is 4.74 Å². The van der Waals surface area contributed by atoms with Crippen molar-refractivity contribution in [1.29, 1.82) is 0 Å². The van der Waals surface area contributed by atoms with Crippen LogP contribution >= 0.6 is 0 Å². The number of rotatable bonds is 8. The van der Waals surface area contributed by atoms with E-state index in [-0.39, 0.29) is 5.78 Å². The van der Waals surface area contributed by atoms with E-state index in [1.54, 1.807) is 0 Å². The van der Waals surface area contributed by atoms with E-state index in [9.17, 15) is 4.79 Å². The number of aryl methyl sites for hydroxylation is 1. The number of ether oxygens (including phenoxy) is 1. The van der Waals surface area contributed by atoms with E-state index in [0.29, 0.717) is 6.42 Å². The average molecular weight is 260 g/mol. The van der Waals surface area contributed by atoms with Crippen LogP contribution in [0.15, 0.2) is 18.2 Å². The number of hydrogen-bond acceptors (Lipinski definition) is 2. The molecule has 0 aliphatic heterocycles. The van der Waals surface area contributed by atoms with E-state index >= 15 is 0 Å². The van der Waals surface area contributed by atoms with Crippen molar-refractivity contribution in [2.75, 3.05) is 6.61 Å². The molecule has 1 aromatic rings. The van der Waals surface area contributed by atoms with Gasteiger partial charge in [-0.1, -0.05) is 45.1 Å². The summed E-state index contributed by atoms with van der Waals surface area (Å²) in [6.07, 6.45) is 9.18. The van der Waals surface area contributed by atoms with Crippen LogP contribution in [0.1, 0.15) is 67.8 Å². The molecule has 0 unspecified atom stereocenters. The zero-order chi connectivity index (χ0) is 13.5. The molecule has 2 nitrogen and oxygen atoms in total. The highest BCUT2D eigenvalue weighted by atomic mass is 16.5. The molecule has 0 amide bonds. The maximum absolute atomic E-state index is 11.6. The van der Waals surface area contributed by atoms with Crippen LogP contribution in [0.25, 0.3) is 0 Å². The Morgan fingerprint density at radius 3 is 2.68 bits per heavy atom. The Balaban J connectivity index is 1.69. The molecule has 2 rings (SSSR count). The molecule has 0 radical (unpaired) electrons. The molecule has 1 aliphatic carbocycles. The third kappa shape index (κ3) is 4.09. The first-order valence-electron chi connectivity index (χ1n) is 7.60. The molecule has 0 atom stereocenters. The molecule has 0 fully saturated rings. The number of benzene rings is 1. The van der Waals surface area contributed by atoms with Gasteiger partial charge in [0.05, 0.1) is 6.61 Å². The summed E-state index contributed by atoms with van der Waals surface area (Å²) >= 11 is 0. The van der Waals surface area contributed by atoms with E-state index < -0.39 is 0 Å². The Morgan fingerprint density at radius 2 is 1.84 bits per heavy atom. The van der Waals surface area contributed by atoms with E-state index in [4.69, 9.17) is 4.74 Å². The Morgan fingerprint density at radius 1 is 1.05 bits per heavy atom. The lowest BCUT2D eigenvalue weighted by atomic mass is 10.1. The zero-order valence-corrected chi connectivity index (χ0v) is 11.9. The van der Waals surface area contributed by atoms with Gasteiger partial charge >= 0.3 is 0 Å². The molecule has 0 spiro atoms. The van der Waals surface area contributed by atoms with Crippen molar-refractivity contribution < 1.29 is 9.53 Å². The zero-order valence-electron chi connectivity index (χ0n) is 11.9. The fourth-order valence-electron chi connectivity index (χ4n) is 2.58. The van der Waals surface area contributed by atoms with Crippen LogP contribution in [0.3, 0.4) is 0 Å². The van der Waals surface area contributed by atoms with Crippen molar-refractivity contribution in [1.82, 2.24) is 0 Å². The van der Waals surface area contributed by atoms with Crippen molar-refractivity contribution in [3.05, 3.63) is 29.3 Å². The quantitative estimate of drug-likeness (QED) is 0.641. The van der Waals surface area contributed by atoms with E-state index in [1.165, 1.54) is 37.7 Å². The molecule has 2 heteroatoms. The Hall–Kier alpha value is -1.31. The molecule has 0 heterocycles. The molecule has 0 aromatic heterocycles. The van der Waals surface area contributed by atoms with Gasteiger partial charge in [-0.25, -0.2) is 0 Å². The van der Waals surface area contributed by atoms with Crippen LogP contribution in [0.4, 0.5) is 0 Å². The average Bonchev–Trinajstić information content (AvgIpc) is 2.79. The standard InChI is InChI=1S/C17H24O2/c1-2-3-4-5-6-7-12-19-15-10-8-14-9-11-17(18)16(14)13-15/h8,10,13H,2-7,9,11-12H2,1H3. The molecule has 1 aliphatic rings.